The Bertz CT molecular complexity index is 2440. The number of furan rings is 1. The number of anilines is 3. The van der Waals surface area contributed by atoms with E-state index in [0.717, 1.165) is 56.8 Å². The molecule has 2 heteroatoms. The largest absolute Gasteiger partial charge is 0.456 e. The zero-order valence-electron chi connectivity index (χ0n) is 29.5. The van der Waals surface area contributed by atoms with Crippen LogP contribution in [0.3, 0.4) is 0 Å². The zero-order valence-corrected chi connectivity index (χ0v) is 29.5. The Balaban J connectivity index is 0.990. The maximum absolute atomic E-state index is 6.24. The normalized spacial score (nSPS) is 23.8. The van der Waals surface area contributed by atoms with Crippen LogP contribution >= 0.6 is 0 Å². The van der Waals surface area contributed by atoms with Crippen LogP contribution in [0.5, 0.6) is 0 Å². The summed E-state index contributed by atoms with van der Waals surface area (Å²) >= 11 is 0. The minimum atomic E-state index is -0.0310. The molecule has 51 heavy (non-hydrogen) atoms. The van der Waals surface area contributed by atoms with Gasteiger partial charge in [0.2, 0.25) is 0 Å². The van der Waals surface area contributed by atoms with Gasteiger partial charge < -0.3 is 9.32 Å². The molecule has 4 bridgehead atoms. The standard InChI is InChI=1S/C49H43NO/c1-48(2)44-9-5-3-7-40(44)42-26-38(19-21-45(42)48)50(39-20-22-47-43(27-39)41-8-4-6-10-46(41)51-47)37-17-13-35(14-18-37)34-11-15-36(16-12-34)49-28-31-23-32(29-49)25-33(24-31)30-49/h3-22,26-27,31-33H,23-25,28-30H2,1-2H3. The quantitative estimate of drug-likeness (QED) is 0.183. The number of benzene rings is 6. The van der Waals surface area contributed by atoms with Crippen molar-refractivity contribution < 1.29 is 4.42 Å². The van der Waals surface area contributed by atoms with Crippen molar-refractivity contribution in [1.82, 2.24) is 0 Å². The molecule has 1 aromatic heterocycles. The summed E-state index contributed by atoms with van der Waals surface area (Å²) < 4.78 is 6.24. The lowest BCUT2D eigenvalue weighted by molar-refractivity contribution is -0.00518. The van der Waals surface area contributed by atoms with Gasteiger partial charge in [-0.2, -0.15) is 0 Å². The monoisotopic (exact) mass is 661 g/mol. The third kappa shape index (κ3) is 4.48. The van der Waals surface area contributed by atoms with Gasteiger partial charge in [0, 0.05) is 33.2 Å². The highest BCUT2D eigenvalue weighted by Gasteiger charge is 2.51. The molecule has 250 valence electrons. The number of fused-ring (bicyclic) bond motifs is 6. The number of hydrogen-bond donors (Lipinski definition) is 0. The van der Waals surface area contributed by atoms with Crippen molar-refractivity contribution in [2.24, 2.45) is 17.8 Å². The molecule has 0 aliphatic heterocycles. The molecule has 7 aromatic rings. The molecule has 5 aliphatic carbocycles. The van der Waals surface area contributed by atoms with E-state index in [9.17, 15) is 0 Å². The molecule has 5 aliphatic rings. The number of rotatable bonds is 5. The van der Waals surface area contributed by atoms with Gasteiger partial charge in [-0.25, -0.2) is 0 Å². The Labute approximate surface area is 300 Å². The van der Waals surface area contributed by atoms with E-state index in [1.165, 1.54) is 71.9 Å². The molecule has 2 nitrogen and oxygen atoms in total. The van der Waals surface area contributed by atoms with E-state index in [0.29, 0.717) is 5.41 Å². The fourth-order valence-electron chi connectivity index (χ4n) is 11.4. The van der Waals surface area contributed by atoms with Crippen molar-refractivity contribution in [2.45, 2.75) is 63.2 Å². The van der Waals surface area contributed by atoms with Crippen molar-refractivity contribution in [2.75, 3.05) is 4.90 Å². The van der Waals surface area contributed by atoms with Gasteiger partial charge in [-0.15, -0.1) is 0 Å². The van der Waals surface area contributed by atoms with E-state index in [-0.39, 0.29) is 5.41 Å². The molecule has 0 spiro atoms. The summed E-state index contributed by atoms with van der Waals surface area (Å²) in [4.78, 5) is 2.41. The highest BCUT2D eigenvalue weighted by atomic mass is 16.3. The maximum atomic E-state index is 6.24. The first-order valence-corrected chi connectivity index (χ1v) is 19.1. The Morgan fingerprint density at radius 3 is 1.82 bits per heavy atom. The second-order valence-electron chi connectivity index (χ2n) is 16.8. The predicted molar refractivity (Wildman–Crippen MR) is 211 cm³/mol. The average molecular weight is 662 g/mol. The highest BCUT2D eigenvalue weighted by molar-refractivity contribution is 6.06. The van der Waals surface area contributed by atoms with Gasteiger partial charge in [0.1, 0.15) is 11.2 Å². The van der Waals surface area contributed by atoms with E-state index in [1.807, 2.05) is 6.07 Å². The van der Waals surface area contributed by atoms with Gasteiger partial charge in [-0.05, 0) is 149 Å². The lowest BCUT2D eigenvalue weighted by Gasteiger charge is -2.57. The van der Waals surface area contributed by atoms with Crippen LogP contribution < -0.4 is 4.90 Å². The van der Waals surface area contributed by atoms with Crippen LogP contribution in [0.2, 0.25) is 0 Å². The number of para-hydroxylation sites is 1. The maximum Gasteiger partial charge on any atom is 0.135 e. The highest BCUT2D eigenvalue weighted by Crippen LogP contribution is 2.61. The molecule has 0 N–H and O–H groups in total. The van der Waals surface area contributed by atoms with Crippen molar-refractivity contribution in [1.29, 1.82) is 0 Å². The summed E-state index contributed by atoms with van der Waals surface area (Å²) in [6.45, 7) is 4.70. The summed E-state index contributed by atoms with van der Waals surface area (Å²) in [5, 5.41) is 2.28. The Kier molecular flexibility index (Phi) is 6.23. The average Bonchev–Trinajstić information content (AvgIpc) is 3.63. The van der Waals surface area contributed by atoms with E-state index >= 15 is 0 Å². The summed E-state index contributed by atoms with van der Waals surface area (Å²) in [6, 6.07) is 49.9. The molecule has 4 saturated carbocycles. The zero-order chi connectivity index (χ0) is 33.9. The van der Waals surface area contributed by atoms with Gasteiger partial charge in [0.15, 0.2) is 0 Å². The molecular weight excluding hydrogens is 619 g/mol. The third-order valence-electron chi connectivity index (χ3n) is 13.4. The fourth-order valence-corrected chi connectivity index (χ4v) is 11.4. The van der Waals surface area contributed by atoms with Crippen molar-refractivity contribution in [3.05, 3.63) is 150 Å². The van der Waals surface area contributed by atoms with Crippen LogP contribution in [0.15, 0.2) is 138 Å². The van der Waals surface area contributed by atoms with Crippen LogP contribution in [0.4, 0.5) is 17.1 Å². The predicted octanol–water partition coefficient (Wildman–Crippen LogP) is 13.5. The van der Waals surface area contributed by atoms with E-state index in [2.05, 4.69) is 146 Å². The minimum Gasteiger partial charge on any atom is -0.456 e. The molecule has 12 rings (SSSR count). The fraction of sp³-hybridized carbons (Fsp3) is 0.265. The van der Waals surface area contributed by atoms with Crippen LogP contribution in [0.1, 0.15) is 69.1 Å². The van der Waals surface area contributed by atoms with E-state index in [4.69, 9.17) is 4.42 Å². The van der Waals surface area contributed by atoms with Gasteiger partial charge in [0.05, 0.1) is 0 Å². The van der Waals surface area contributed by atoms with Gasteiger partial charge >= 0.3 is 0 Å². The molecular formula is C49H43NO. The topological polar surface area (TPSA) is 16.4 Å². The molecule has 1 heterocycles. The van der Waals surface area contributed by atoms with Crippen LogP contribution in [0.25, 0.3) is 44.2 Å². The number of hydrogen-bond acceptors (Lipinski definition) is 2. The third-order valence-corrected chi connectivity index (χ3v) is 13.4. The summed E-state index contributed by atoms with van der Waals surface area (Å²) in [6.07, 6.45) is 8.71. The molecule has 0 amide bonds. The van der Waals surface area contributed by atoms with E-state index < -0.39 is 0 Å². The van der Waals surface area contributed by atoms with Gasteiger partial charge in [-0.3, -0.25) is 0 Å². The van der Waals surface area contributed by atoms with Gasteiger partial charge in [-0.1, -0.05) is 98.8 Å². The van der Waals surface area contributed by atoms with Crippen LogP contribution in [-0.4, -0.2) is 0 Å². The van der Waals surface area contributed by atoms with Crippen molar-refractivity contribution in [3.8, 4) is 22.3 Å². The molecule has 0 unspecified atom stereocenters. The first-order valence-electron chi connectivity index (χ1n) is 19.1. The molecule has 0 atom stereocenters. The lowest BCUT2D eigenvalue weighted by Crippen LogP contribution is -2.48. The van der Waals surface area contributed by atoms with E-state index in [1.54, 1.807) is 5.56 Å². The summed E-state index contributed by atoms with van der Waals surface area (Å²) in [5.74, 6) is 2.89. The molecule has 4 fully saturated rings. The first-order chi connectivity index (χ1) is 24.9. The Morgan fingerprint density at radius 1 is 0.510 bits per heavy atom. The number of nitrogens with zero attached hydrogens (tertiary/aromatic N) is 1. The van der Waals surface area contributed by atoms with Crippen molar-refractivity contribution in [3.63, 3.8) is 0 Å². The Hall–Kier alpha value is -5.08. The first kappa shape index (κ1) is 29.6. The molecule has 6 aromatic carbocycles. The minimum absolute atomic E-state index is 0.0310. The van der Waals surface area contributed by atoms with Crippen LogP contribution in [0, 0.1) is 17.8 Å². The Morgan fingerprint density at radius 2 is 1.08 bits per heavy atom. The lowest BCUT2D eigenvalue weighted by atomic mass is 9.48. The van der Waals surface area contributed by atoms with Crippen molar-refractivity contribution >= 4 is 39.0 Å². The van der Waals surface area contributed by atoms with Gasteiger partial charge in [0.25, 0.3) is 0 Å². The van der Waals surface area contributed by atoms with Crippen LogP contribution in [-0.2, 0) is 10.8 Å². The molecule has 0 saturated heterocycles. The smallest absolute Gasteiger partial charge is 0.135 e. The SMILES string of the molecule is CC1(C)c2ccccc2-c2cc(N(c3ccc(-c4ccc(C56CC7CC(CC(C7)C5)C6)cc4)cc3)c3ccc4oc5ccccc5c4c3)ccc21. The summed E-state index contributed by atoms with van der Waals surface area (Å²) in [5.41, 5.74) is 15.2. The second-order valence-corrected chi connectivity index (χ2v) is 16.8. The molecule has 0 radical (unpaired) electrons. The second kappa shape index (κ2) is 10.7. The summed E-state index contributed by atoms with van der Waals surface area (Å²) in [7, 11) is 0.